The van der Waals surface area contributed by atoms with Gasteiger partial charge in [0.15, 0.2) is 11.5 Å². The van der Waals surface area contributed by atoms with Crippen molar-refractivity contribution in [3.63, 3.8) is 0 Å². The molecule has 1 aromatic heterocycles. The summed E-state index contributed by atoms with van der Waals surface area (Å²) in [5.41, 5.74) is 2.85. The summed E-state index contributed by atoms with van der Waals surface area (Å²) in [6.45, 7) is 2.01. The molecule has 0 unspecified atom stereocenters. The number of likely N-dealkylation sites (N-methyl/N-ethyl adjacent to an activating group) is 1. The van der Waals surface area contributed by atoms with Crippen LogP contribution >= 0.6 is 0 Å². The molecule has 0 bridgehead atoms. The Hall–Kier alpha value is -3.35. The van der Waals surface area contributed by atoms with Gasteiger partial charge in [0, 0.05) is 7.05 Å². The second-order valence-electron chi connectivity index (χ2n) is 6.48. The van der Waals surface area contributed by atoms with Crippen LogP contribution in [0.1, 0.15) is 24.1 Å². The SMILES string of the molecule is COc1ccc(CC(=O)N(C)[C@@H](C)c2ccc(-n3cncn3)cc2)cc1OC. The van der Waals surface area contributed by atoms with E-state index < -0.39 is 0 Å². The molecule has 1 amide bonds. The molecule has 2 aromatic carbocycles. The first-order valence-electron chi connectivity index (χ1n) is 8.95. The van der Waals surface area contributed by atoms with Crippen molar-refractivity contribution < 1.29 is 14.3 Å². The van der Waals surface area contributed by atoms with Crippen LogP contribution in [0.15, 0.2) is 55.1 Å². The van der Waals surface area contributed by atoms with E-state index in [1.807, 2.05) is 56.4 Å². The first-order valence-corrected chi connectivity index (χ1v) is 8.95. The number of ether oxygens (including phenoxy) is 2. The van der Waals surface area contributed by atoms with Crippen LogP contribution in [-0.4, -0.2) is 46.8 Å². The van der Waals surface area contributed by atoms with Gasteiger partial charge in [-0.2, -0.15) is 5.10 Å². The number of aromatic nitrogens is 3. The number of benzene rings is 2. The van der Waals surface area contributed by atoms with Crippen molar-refractivity contribution in [1.29, 1.82) is 0 Å². The van der Waals surface area contributed by atoms with Gasteiger partial charge in [-0.15, -0.1) is 0 Å². The molecule has 28 heavy (non-hydrogen) atoms. The number of carbonyl (C=O) groups excluding carboxylic acids is 1. The normalized spacial score (nSPS) is 11.7. The molecule has 3 aromatic rings. The number of hydrogen-bond acceptors (Lipinski definition) is 5. The molecule has 0 aliphatic carbocycles. The summed E-state index contributed by atoms with van der Waals surface area (Å²) in [5, 5.41) is 4.12. The highest BCUT2D eigenvalue weighted by molar-refractivity contribution is 5.79. The van der Waals surface area contributed by atoms with Crippen molar-refractivity contribution in [2.45, 2.75) is 19.4 Å². The fraction of sp³-hybridized carbons (Fsp3) is 0.286. The Kier molecular flexibility index (Phi) is 5.93. The van der Waals surface area contributed by atoms with Crippen molar-refractivity contribution in [2.75, 3.05) is 21.3 Å². The van der Waals surface area contributed by atoms with E-state index in [0.717, 1.165) is 16.8 Å². The predicted octanol–water partition coefficient (Wildman–Crippen LogP) is 3.05. The Morgan fingerprint density at radius 2 is 1.82 bits per heavy atom. The second kappa shape index (κ2) is 8.56. The van der Waals surface area contributed by atoms with Gasteiger partial charge >= 0.3 is 0 Å². The second-order valence-corrected chi connectivity index (χ2v) is 6.48. The molecule has 3 rings (SSSR count). The van der Waals surface area contributed by atoms with E-state index in [0.29, 0.717) is 11.5 Å². The van der Waals surface area contributed by atoms with Crippen molar-refractivity contribution in [3.8, 4) is 17.2 Å². The van der Waals surface area contributed by atoms with Crippen molar-refractivity contribution in [2.24, 2.45) is 0 Å². The van der Waals surface area contributed by atoms with Gasteiger partial charge in [-0.1, -0.05) is 18.2 Å². The molecule has 1 heterocycles. The van der Waals surface area contributed by atoms with E-state index in [4.69, 9.17) is 9.47 Å². The summed E-state index contributed by atoms with van der Waals surface area (Å²) in [5.74, 6) is 1.29. The van der Waals surface area contributed by atoms with Gasteiger partial charge in [0.25, 0.3) is 0 Å². The maximum absolute atomic E-state index is 12.8. The molecule has 0 fully saturated rings. The largest absolute Gasteiger partial charge is 0.493 e. The molecular formula is C21H24N4O3. The highest BCUT2D eigenvalue weighted by Crippen LogP contribution is 2.28. The van der Waals surface area contributed by atoms with Gasteiger partial charge in [0.05, 0.1) is 32.4 Å². The van der Waals surface area contributed by atoms with E-state index in [1.54, 1.807) is 30.1 Å². The number of carbonyl (C=O) groups is 1. The van der Waals surface area contributed by atoms with Gasteiger partial charge in [0.2, 0.25) is 5.91 Å². The zero-order valence-electron chi connectivity index (χ0n) is 16.5. The summed E-state index contributed by atoms with van der Waals surface area (Å²) in [7, 11) is 4.99. The Morgan fingerprint density at radius 3 is 2.43 bits per heavy atom. The van der Waals surface area contributed by atoms with Gasteiger partial charge in [0.1, 0.15) is 12.7 Å². The number of rotatable bonds is 7. The molecular weight excluding hydrogens is 356 g/mol. The molecule has 0 aliphatic heterocycles. The molecule has 0 N–H and O–H groups in total. The fourth-order valence-corrected chi connectivity index (χ4v) is 2.98. The third-order valence-electron chi connectivity index (χ3n) is 4.84. The predicted molar refractivity (Wildman–Crippen MR) is 106 cm³/mol. The maximum Gasteiger partial charge on any atom is 0.227 e. The number of hydrogen-bond donors (Lipinski definition) is 0. The van der Waals surface area contributed by atoms with Gasteiger partial charge < -0.3 is 14.4 Å². The molecule has 0 aliphatic rings. The zero-order chi connectivity index (χ0) is 20.1. The van der Waals surface area contributed by atoms with E-state index in [1.165, 1.54) is 6.33 Å². The molecule has 0 spiro atoms. The zero-order valence-corrected chi connectivity index (χ0v) is 16.5. The Morgan fingerprint density at radius 1 is 1.11 bits per heavy atom. The Bertz CT molecular complexity index is 923. The van der Waals surface area contributed by atoms with Crippen LogP contribution in [0.25, 0.3) is 5.69 Å². The number of nitrogens with zero attached hydrogens (tertiary/aromatic N) is 4. The van der Waals surface area contributed by atoms with Crippen molar-refractivity contribution in [1.82, 2.24) is 19.7 Å². The smallest absolute Gasteiger partial charge is 0.227 e. The molecule has 1 atom stereocenters. The molecule has 146 valence electrons. The monoisotopic (exact) mass is 380 g/mol. The lowest BCUT2D eigenvalue weighted by molar-refractivity contribution is -0.131. The summed E-state index contributed by atoms with van der Waals surface area (Å²) in [6, 6.07) is 13.4. The fourth-order valence-electron chi connectivity index (χ4n) is 2.98. The first-order chi connectivity index (χ1) is 13.5. The van der Waals surface area contributed by atoms with E-state index in [-0.39, 0.29) is 18.4 Å². The average molecular weight is 380 g/mol. The minimum atomic E-state index is -0.0579. The molecule has 0 saturated heterocycles. The summed E-state index contributed by atoms with van der Waals surface area (Å²) >= 11 is 0. The van der Waals surface area contributed by atoms with Crippen LogP contribution in [0.3, 0.4) is 0 Å². The van der Waals surface area contributed by atoms with Gasteiger partial charge in [-0.05, 0) is 42.3 Å². The standard InChI is InChI=1S/C21H24N4O3/c1-15(17-6-8-18(9-7-17)25-14-22-13-23-25)24(2)21(26)12-16-5-10-19(27-3)20(11-16)28-4/h5-11,13-15H,12H2,1-4H3/t15-/m0/s1. The van der Waals surface area contributed by atoms with E-state index in [9.17, 15) is 4.79 Å². The Balaban J connectivity index is 1.69. The van der Waals surface area contributed by atoms with Gasteiger partial charge in [-0.3, -0.25) is 4.79 Å². The minimum Gasteiger partial charge on any atom is -0.493 e. The number of methoxy groups -OCH3 is 2. The summed E-state index contributed by atoms with van der Waals surface area (Å²) < 4.78 is 12.3. The maximum atomic E-state index is 12.8. The van der Waals surface area contributed by atoms with E-state index in [2.05, 4.69) is 10.1 Å². The molecule has 7 nitrogen and oxygen atoms in total. The number of amides is 1. The quantitative estimate of drug-likeness (QED) is 0.630. The van der Waals surface area contributed by atoms with Crippen LogP contribution < -0.4 is 9.47 Å². The molecule has 0 radical (unpaired) electrons. The lowest BCUT2D eigenvalue weighted by atomic mass is 10.1. The average Bonchev–Trinajstić information content (AvgIpc) is 3.27. The highest BCUT2D eigenvalue weighted by atomic mass is 16.5. The van der Waals surface area contributed by atoms with Crippen molar-refractivity contribution >= 4 is 5.91 Å². The lowest BCUT2D eigenvalue weighted by Crippen LogP contribution is -2.31. The molecule has 7 heteroatoms. The van der Waals surface area contributed by atoms with Crippen LogP contribution in [0.4, 0.5) is 0 Å². The third kappa shape index (κ3) is 4.14. The lowest BCUT2D eigenvalue weighted by Gasteiger charge is -2.26. The van der Waals surface area contributed by atoms with Crippen LogP contribution in [0.5, 0.6) is 11.5 Å². The van der Waals surface area contributed by atoms with Crippen LogP contribution in [-0.2, 0) is 11.2 Å². The Labute approximate surface area is 164 Å². The summed E-state index contributed by atoms with van der Waals surface area (Å²) in [4.78, 5) is 18.5. The first kappa shape index (κ1) is 19.4. The van der Waals surface area contributed by atoms with Crippen LogP contribution in [0.2, 0.25) is 0 Å². The summed E-state index contributed by atoms with van der Waals surface area (Å²) in [6.07, 6.45) is 3.44. The van der Waals surface area contributed by atoms with Crippen molar-refractivity contribution in [3.05, 3.63) is 66.2 Å². The third-order valence-corrected chi connectivity index (χ3v) is 4.84. The topological polar surface area (TPSA) is 69.5 Å². The van der Waals surface area contributed by atoms with E-state index >= 15 is 0 Å². The minimum absolute atomic E-state index is 0.0278. The van der Waals surface area contributed by atoms with Crippen LogP contribution in [0, 0.1) is 0 Å². The highest BCUT2D eigenvalue weighted by Gasteiger charge is 2.18. The van der Waals surface area contributed by atoms with Gasteiger partial charge in [-0.25, -0.2) is 9.67 Å². The molecule has 0 saturated carbocycles.